The molecule has 3 heterocycles. The quantitative estimate of drug-likeness (QED) is 0.865. The van der Waals surface area contributed by atoms with E-state index in [1.54, 1.807) is 4.68 Å². The monoisotopic (exact) mass is 369 g/mol. The molecular weight excluding hydrogens is 342 g/mol. The van der Waals surface area contributed by atoms with Crippen LogP contribution in [0, 0.1) is 0 Å². The smallest absolute Gasteiger partial charge is 0.269 e. The van der Waals surface area contributed by atoms with Crippen molar-refractivity contribution in [2.24, 2.45) is 7.05 Å². The minimum Gasteiger partial charge on any atom is -0.379 e. The zero-order chi connectivity index (χ0) is 18.6. The van der Waals surface area contributed by atoms with Crippen molar-refractivity contribution in [3.05, 3.63) is 47.0 Å². The van der Waals surface area contributed by atoms with Gasteiger partial charge in [-0.3, -0.25) is 19.4 Å². The summed E-state index contributed by atoms with van der Waals surface area (Å²) in [6, 6.07) is 5.98. The second-order valence-electron chi connectivity index (χ2n) is 7.23. The second-order valence-corrected chi connectivity index (χ2v) is 7.23. The van der Waals surface area contributed by atoms with E-state index in [4.69, 9.17) is 4.74 Å². The van der Waals surface area contributed by atoms with E-state index in [2.05, 4.69) is 20.3 Å². The highest BCUT2D eigenvalue weighted by Crippen LogP contribution is 2.24. The first-order valence-electron chi connectivity index (χ1n) is 9.79. The fraction of sp³-hybridized carbons (Fsp3) is 0.550. The first-order chi connectivity index (χ1) is 13.2. The van der Waals surface area contributed by atoms with Gasteiger partial charge in [-0.1, -0.05) is 6.07 Å². The molecule has 2 aromatic heterocycles. The lowest BCUT2D eigenvalue weighted by Crippen LogP contribution is -2.44. The molecule has 1 saturated heterocycles. The molecule has 1 aliphatic carbocycles. The van der Waals surface area contributed by atoms with Crippen LogP contribution in [0.25, 0.3) is 0 Å². The van der Waals surface area contributed by atoms with E-state index in [0.29, 0.717) is 25.5 Å². The molecule has 144 valence electrons. The van der Waals surface area contributed by atoms with Crippen molar-refractivity contribution in [2.75, 3.05) is 32.8 Å². The standard InChI is InChI=1S/C20H27N5O2/c1-24-19(15-6-2-3-7-16(15)23-24)20(26)22-14-18(17-8-4-5-9-21-17)25-10-12-27-13-11-25/h4-5,8-9,18H,2-3,6-7,10-14H2,1H3,(H,22,26)/t18-/m1/s1. The molecule has 1 atom stereocenters. The molecule has 1 amide bonds. The number of ether oxygens (including phenoxy) is 1. The molecule has 1 aliphatic heterocycles. The third kappa shape index (κ3) is 3.89. The van der Waals surface area contributed by atoms with Gasteiger partial charge < -0.3 is 10.1 Å². The van der Waals surface area contributed by atoms with Crippen molar-refractivity contribution in [1.82, 2.24) is 25.0 Å². The number of morpholine rings is 1. The average molecular weight is 369 g/mol. The molecule has 0 unspecified atom stereocenters. The van der Waals surface area contributed by atoms with Crippen LogP contribution >= 0.6 is 0 Å². The van der Waals surface area contributed by atoms with Gasteiger partial charge >= 0.3 is 0 Å². The van der Waals surface area contributed by atoms with E-state index >= 15 is 0 Å². The van der Waals surface area contributed by atoms with E-state index in [1.165, 1.54) is 0 Å². The fourth-order valence-corrected chi connectivity index (χ4v) is 4.12. The summed E-state index contributed by atoms with van der Waals surface area (Å²) in [7, 11) is 1.87. The maximum atomic E-state index is 13.0. The first kappa shape index (κ1) is 18.1. The highest BCUT2D eigenvalue weighted by Gasteiger charge is 2.27. The van der Waals surface area contributed by atoms with Crippen LogP contribution in [0.15, 0.2) is 24.4 Å². The Kier molecular flexibility index (Phi) is 5.50. The van der Waals surface area contributed by atoms with Gasteiger partial charge in [-0.2, -0.15) is 5.10 Å². The van der Waals surface area contributed by atoms with Crippen molar-refractivity contribution in [3.8, 4) is 0 Å². The minimum atomic E-state index is -0.0395. The van der Waals surface area contributed by atoms with Crippen LogP contribution in [-0.4, -0.2) is 58.4 Å². The molecule has 2 aromatic rings. The van der Waals surface area contributed by atoms with Crippen molar-refractivity contribution in [2.45, 2.75) is 31.7 Å². The van der Waals surface area contributed by atoms with Crippen LogP contribution in [0.1, 0.15) is 46.3 Å². The van der Waals surface area contributed by atoms with E-state index in [-0.39, 0.29) is 11.9 Å². The van der Waals surface area contributed by atoms with Crippen LogP contribution in [-0.2, 0) is 24.6 Å². The molecule has 7 heteroatoms. The number of nitrogens with one attached hydrogen (secondary N) is 1. The number of carbonyl (C=O) groups is 1. The molecule has 1 N–H and O–H groups in total. The van der Waals surface area contributed by atoms with Gasteiger partial charge in [0.1, 0.15) is 5.69 Å². The Morgan fingerprint density at radius 3 is 2.85 bits per heavy atom. The lowest BCUT2D eigenvalue weighted by molar-refractivity contribution is 0.0153. The van der Waals surface area contributed by atoms with Crippen LogP contribution in [0.5, 0.6) is 0 Å². The normalized spacial score (nSPS) is 18.7. The number of amides is 1. The molecule has 27 heavy (non-hydrogen) atoms. The predicted octanol–water partition coefficient (Wildman–Crippen LogP) is 1.50. The van der Waals surface area contributed by atoms with E-state index in [0.717, 1.165) is 55.7 Å². The van der Waals surface area contributed by atoms with Gasteiger partial charge in [0.2, 0.25) is 0 Å². The Hall–Kier alpha value is -2.25. The zero-order valence-corrected chi connectivity index (χ0v) is 15.9. The van der Waals surface area contributed by atoms with Crippen LogP contribution in [0.2, 0.25) is 0 Å². The van der Waals surface area contributed by atoms with Gasteiger partial charge in [-0.25, -0.2) is 0 Å². The lowest BCUT2D eigenvalue weighted by atomic mass is 9.95. The van der Waals surface area contributed by atoms with Gasteiger partial charge in [-0.15, -0.1) is 0 Å². The number of fused-ring (bicyclic) bond motifs is 1. The van der Waals surface area contributed by atoms with Gasteiger partial charge in [-0.05, 0) is 37.8 Å². The van der Waals surface area contributed by atoms with E-state index in [1.807, 2.05) is 31.4 Å². The largest absolute Gasteiger partial charge is 0.379 e. The minimum absolute atomic E-state index is 0.0395. The summed E-state index contributed by atoms with van der Waals surface area (Å²) < 4.78 is 7.23. The Labute approximate surface area is 159 Å². The number of aryl methyl sites for hydroxylation is 2. The number of hydrogen-bond acceptors (Lipinski definition) is 5. The third-order valence-corrected chi connectivity index (χ3v) is 5.51. The molecule has 0 bridgehead atoms. The summed E-state index contributed by atoms with van der Waals surface area (Å²) in [5, 5.41) is 7.71. The number of hydrogen-bond donors (Lipinski definition) is 1. The third-order valence-electron chi connectivity index (χ3n) is 5.51. The molecular formula is C20H27N5O2. The first-order valence-corrected chi connectivity index (χ1v) is 9.79. The number of aromatic nitrogens is 3. The average Bonchev–Trinajstić information content (AvgIpc) is 3.05. The predicted molar refractivity (Wildman–Crippen MR) is 102 cm³/mol. The lowest BCUT2D eigenvalue weighted by Gasteiger charge is -2.34. The highest BCUT2D eigenvalue weighted by molar-refractivity contribution is 5.94. The zero-order valence-electron chi connectivity index (χ0n) is 15.9. The Bertz CT molecular complexity index is 783. The summed E-state index contributed by atoms with van der Waals surface area (Å²) in [6.07, 6.45) is 6.01. The summed E-state index contributed by atoms with van der Waals surface area (Å²) in [4.78, 5) is 19.9. The fourth-order valence-electron chi connectivity index (χ4n) is 4.12. The van der Waals surface area contributed by atoms with E-state index in [9.17, 15) is 4.79 Å². The van der Waals surface area contributed by atoms with Gasteiger partial charge in [0.05, 0.1) is 30.6 Å². The van der Waals surface area contributed by atoms with E-state index < -0.39 is 0 Å². The molecule has 4 rings (SSSR count). The van der Waals surface area contributed by atoms with Gasteiger partial charge in [0, 0.05) is 38.4 Å². The topological polar surface area (TPSA) is 72.3 Å². The molecule has 0 saturated carbocycles. The Balaban J connectivity index is 1.51. The summed E-state index contributed by atoms with van der Waals surface area (Å²) in [5.74, 6) is -0.0395. The summed E-state index contributed by atoms with van der Waals surface area (Å²) in [5.41, 5.74) is 3.91. The SMILES string of the molecule is Cn1nc2c(c1C(=O)NC[C@H](c1ccccn1)N1CCOCC1)CCCC2. The maximum Gasteiger partial charge on any atom is 0.269 e. The van der Waals surface area contributed by atoms with Crippen LogP contribution in [0.4, 0.5) is 0 Å². The Morgan fingerprint density at radius 1 is 1.26 bits per heavy atom. The number of carbonyl (C=O) groups excluding carboxylic acids is 1. The van der Waals surface area contributed by atoms with Crippen LogP contribution in [0.3, 0.4) is 0 Å². The number of pyridine rings is 1. The summed E-state index contributed by atoms with van der Waals surface area (Å²) >= 11 is 0. The highest BCUT2D eigenvalue weighted by atomic mass is 16.5. The number of rotatable bonds is 5. The van der Waals surface area contributed by atoms with Crippen LogP contribution < -0.4 is 5.32 Å². The second kappa shape index (κ2) is 8.19. The van der Waals surface area contributed by atoms with Crippen molar-refractivity contribution in [3.63, 3.8) is 0 Å². The molecule has 1 fully saturated rings. The van der Waals surface area contributed by atoms with Gasteiger partial charge in [0.15, 0.2) is 0 Å². The van der Waals surface area contributed by atoms with Crippen molar-refractivity contribution < 1.29 is 9.53 Å². The maximum absolute atomic E-state index is 13.0. The molecule has 0 radical (unpaired) electrons. The summed E-state index contributed by atoms with van der Waals surface area (Å²) in [6.45, 7) is 3.64. The van der Waals surface area contributed by atoms with Crippen molar-refractivity contribution in [1.29, 1.82) is 0 Å². The van der Waals surface area contributed by atoms with Gasteiger partial charge in [0.25, 0.3) is 5.91 Å². The van der Waals surface area contributed by atoms with Crippen molar-refractivity contribution >= 4 is 5.91 Å². The Morgan fingerprint density at radius 2 is 2.07 bits per heavy atom. The molecule has 0 aromatic carbocycles. The number of nitrogens with zero attached hydrogens (tertiary/aromatic N) is 4. The molecule has 7 nitrogen and oxygen atoms in total. The molecule has 2 aliphatic rings. The molecule has 0 spiro atoms.